The second-order valence-electron chi connectivity index (χ2n) is 10.8. The molecule has 3 aromatic rings. The van der Waals surface area contributed by atoms with Crippen LogP contribution in [0.2, 0.25) is 10.0 Å². The highest BCUT2D eigenvalue weighted by Gasteiger charge is 2.31. The molecule has 0 fully saturated rings. The molecule has 0 saturated heterocycles. The van der Waals surface area contributed by atoms with Gasteiger partial charge in [-0.2, -0.15) is 0 Å². The molecule has 0 bridgehead atoms. The van der Waals surface area contributed by atoms with Gasteiger partial charge < -0.3 is 10.2 Å². The fraction of sp³-hybridized carbons (Fsp3) is 0.375. The Morgan fingerprint density at radius 2 is 1.55 bits per heavy atom. The summed E-state index contributed by atoms with van der Waals surface area (Å²) in [6.07, 6.45) is 1.70. The number of nitrogens with zero attached hydrogens (tertiary/aromatic N) is 2. The van der Waals surface area contributed by atoms with E-state index in [1.807, 2.05) is 70.2 Å². The Morgan fingerprint density at radius 3 is 2.12 bits per heavy atom. The van der Waals surface area contributed by atoms with Gasteiger partial charge in [0.1, 0.15) is 6.04 Å². The van der Waals surface area contributed by atoms with Crippen molar-refractivity contribution >= 4 is 50.7 Å². The topological polar surface area (TPSA) is 86.8 Å². The first kappa shape index (κ1) is 33.4. The van der Waals surface area contributed by atoms with Crippen LogP contribution in [0.4, 0.5) is 5.69 Å². The minimum absolute atomic E-state index is 0.0131. The predicted octanol–water partition coefficient (Wildman–Crippen LogP) is 6.32. The Morgan fingerprint density at radius 1 is 0.905 bits per heavy atom. The Balaban J connectivity index is 1.93. The molecule has 0 radical (unpaired) electrons. The molecule has 3 aromatic carbocycles. The highest BCUT2D eigenvalue weighted by Crippen LogP contribution is 2.28. The van der Waals surface area contributed by atoms with Gasteiger partial charge >= 0.3 is 0 Å². The zero-order valence-corrected chi connectivity index (χ0v) is 27.1. The Labute approximate surface area is 259 Å². The summed E-state index contributed by atoms with van der Waals surface area (Å²) in [6.45, 7) is 7.74. The van der Waals surface area contributed by atoms with Crippen LogP contribution in [-0.4, -0.2) is 50.0 Å². The van der Waals surface area contributed by atoms with Crippen molar-refractivity contribution in [1.82, 2.24) is 10.2 Å². The van der Waals surface area contributed by atoms with Crippen LogP contribution in [-0.2, 0) is 32.6 Å². The first-order valence-corrected chi connectivity index (χ1v) is 16.5. The number of carbonyl (C=O) groups excluding carboxylic acids is 2. The Bertz CT molecular complexity index is 1480. The van der Waals surface area contributed by atoms with Gasteiger partial charge in [0, 0.05) is 47.6 Å². The molecule has 0 aromatic heterocycles. The number of aryl methyl sites for hydroxylation is 2. The van der Waals surface area contributed by atoms with Gasteiger partial charge in [-0.25, -0.2) is 8.42 Å². The van der Waals surface area contributed by atoms with E-state index in [0.717, 1.165) is 22.9 Å². The standard InChI is InChI=1S/C32H39Cl2N3O4S/c1-22(2)35-32(39)30(20-25-11-7-6-8-12-25)36(21-27-28(33)13-9-14-29(27)34)31(38)15-10-18-37(42(5,40)41)26-17-16-23(3)24(4)19-26/h6-9,11-14,16-17,19,22,30H,10,15,18,20-21H2,1-5H3,(H,35,39)/t30-/m1/s1. The quantitative estimate of drug-likeness (QED) is 0.239. The number of hydrogen-bond donors (Lipinski definition) is 1. The lowest BCUT2D eigenvalue weighted by molar-refractivity contribution is -0.141. The maximum Gasteiger partial charge on any atom is 0.243 e. The van der Waals surface area contributed by atoms with Gasteiger partial charge in [0.25, 0.3) is 0 Å². The van der Waals surface area contributed by atoms with E-state index in [-0.39, 0.29) is 50.2 Å². The van der Waals surface area contributed by atoms with E-state index in [0.29, 0.717) is 21.3 Å². The maximum absolute atomic E-state index is 14.0. The summed E-state index contributed by atoms with van der Waals surface area (Å²) >= 11 is 13.0. The monoisotopic (exact) mass is 631 g/mol. The Hall–Kier alpha value is -3.07. The molecule has 3 rings (SSSR count). The molecule has 10 heteroatoms. The number of amides is 2. The third-order valence-corrected chi connectivity index (χ3v) is 8.93. The van der Waals surface area contributed by atoms with E-state index < -0.39 is 16.1 Å². The van der Waals surface area contributed by atoms with Gasteiger partial charge in [-0.15, -0.1) is 0 Å². The van der Waals surface area contributed by atoms with Crippen molar-refractivity contribution in [2.24, 2.45) is 0 Å². The van der Waals surface area contributed by atoms with Crippen LogP contribution in [0.1, 0.15) is 48.9 Å². The number of anilines is 1. The van der Waals surface area contributed by atoms with Gasteiger partial charge in [-0.1, -0.05) is 65.7 Å². The lowest BCUT2D eigenvalue weighted by Crippen LogP contribution is -2.52. The number of nitrogens with one attached hydrogen (secondary N) is 1. The number of sulfonamides is 1. The molecule has 0 aliphatic carbocycles. The first-order valence-electron chi connectivity index (χ1n) is 13.9. The first-order chi connectivity index (χ1) is 19.8. The summed E-state index contributed by atoms with van der Waals surface area (Å²) < 4.78 is 26.7. The third kappa shape index (κ3) is 9.21. The zero-order valence-electron chi connectivity index (χ0n) is 24.7. The number of benzene rings is 3. The number of rotatable bonds is 13. The molecule has 42 heavy (non-hydrogen) atoms. The van der Waals surface area contributed by atoms with E-state index in [4.69, 9.17) is 23.2 Å². The molecule has 0 heterocycles. The highest BCUT2D eigenvalue weighted by atomic mass is 35.5. The van der Waals surface area contributed by atoms with Gasteiger partial charge in [0.15, 0.2) is 0 Å². The summed E-state index contributed by atoms with van der Waals surface area (Å²) in [7, 11) is -3.60. The van der Waals surface area contributed by atoms with Gasteiger partial charge in [0.05, 0.1) is 11.9 Å². The van der Waals surface area contributed by atoms with E-state index in [9.17, 15) is 18.0 Å². The maximum atomic E-state index is 14.0. The molecular weight excluding hydrogens is 593 g/mol. The van der Waals surface area contributed by atoms with Crippen LogP contribution in [0.15, 0.2) is 66.7 Å². The van der Waals surface area contributed by atoms with Crippen LogP contribution in [0.25, 0.3) is 0 Å². The van der Waals surface area contributed by atoms with E-state index in [1.165, 1.54) is 9.21 Å². The molecule has 1 N–H and O–H groups in total. The van der Waals surface area contributed by atoms with Crippen molar-refractivity contribution in [3.8, 4) is 0 Å². The van der Waals surface area contributed by atoms with Crippen molar-refractivity contribution in [2.75, 3.05) is 17.1 Å². The molecule has 226 valence electrons. The predicted molar refractivity (Wildman–Crippen MR) is 172 cm³/mol. The van der Waals surface area contributed by atoms with Gasteiger partial charge in [0.2, 0.25) is 21.8 Å². The second kappa shape index (κ2) is 14.9. The van der Waals surface area contributed by atoms with Crippen molar-refractivity contribution < 1.29 is 18.0 Å². The van der Waals surface area contributed by atoms with Crippen LogP contribution in [0.5, 0.6) is 0 Å². The zero-order chi connectivity index (χ0) is 31.0. The van der Waals surface area contributed by atoms with Crippen LogP contribution < -0.4 is 9.62 Å². The largest absolute Gasteiger partial charge is 0.352 e. The van der Waals surface area contributed by atoms with Crippen molar-refractivity contribution in [3.05, 3.63) is 99.0 Å². The molecular formula is C32H39Cl2N3O4S. The van der Waals surface area contributed by atoms with Crippen LogP contribution in [0, 0.1) is 13.8 Å². The minimum Gasteiger partial charge on any atom is -0.352 e. The fourth-order valence-electron chi connectivity index (χ4n) is 4.67. The number of hydrogen-bond acceptors (Lipinski definition) is 4. The van der Waals surface area contributed by atoms with Crippen molar-refractivity contribution in [1.29, 1.82) is 0 Å². The van der Waals surface area contributed by atoms with E-state index in [1.54, 1.807) is 24.3 Å². The summed E-state index contributed by atoms with van der Waals surface area (Å²) in [6, 6.07) is 19.1. The molecule has 0 saturated carbocycles. The molecule has 0 aliphatic heterocycles. The summed E-state index contributed by atoms with van der Waals surface area (Å²) in [5, 5.41) is 3.73. The minimum atomic E-state index is -3.60. The average molecular weight is 633 g/mol. The van der Waals surface area contributed by atoms with Gasteiger partial charge in [-0.05, 0) is 75.1 Å². The lowest BCUT2D eigenvalue weighted by atomic mass is 10.0. The summed E-state index contributed by atoms with van der Waals surface area (Å²) in [5.74, 6) is -0.599. The second-order valence-corrected chi connectivity index (χ2v) is 13.5. The molecule has 0 unspecified atom stereocenters. The third-order valence-electron chi connectivity index (χ3n) is 7.02. The Kier molecular flexibility index (Phi) is 11.9. The molecule has 1 atom stereocenters. The van der Waals surface area contributed by atoms with Crippen LogP contribution >= 0.6 is 23.2 Å². The lowest BCUT2D eigenvalue weighted by Gasteiger charge is -2.33. The molecule has 2 amide bonds. The van der Waals surface area contributed by atoms with E-state index in [2.05, 4.69) is 5.32 Å². The van der Waals surface area contributed by atoms with E-state index >= 15 is 0 Å². The van der Waals surface area contributed by atoms with Gasteiger partial charge in [-0.3, -0.25) is 13.9 Å². The summed E-state index contributed by atoms with van der Waals surface area (Å²) in [5.41, 5.74) is 4.01. The van der Waals surface area contributed by atoms with Crippen molar-refractivity contribution in [2.45, 2.75) is 65.6 Å². The van der Waals surface area contributed by atoms with Crippen LogP contribution in [0.3, 0.4) is 0 Å². The SMILES string of the molecule is Cc1ccc(N(CCCC(=O)N(Cc2c(Cl)cccc2Cl)[C@H](Cc2ccccc2)C(=O)NC(C)C)S(C)(=O)=O)cc1C. The average Bonchev–Trinajstić information content (AvgIpc) is 2.91. The number of carbonyl (C=O) groups is 2. The molecule has 0 spiro atoms. The summed E-state index contributed by atoms with van der Waals surface area (Å²) in [4.78, 5) is 29.0. The normalized spacial score (nSPS) is 12.2. The smallest absolute Gasteiger partial charge is 0.243 e. The molecule has 7 nitrogen and oxygen atoms in total. The number of halogens is 2. The highest BCUT2D eigenvalue weighted by molar-refractivity contribution is 7.92. The molecule has 0 aliphatic rings. The van der Waals surface area contributed by atoms with Crippen molar-refractivity contribution in [3.63, 3.8) is 0 Å². The fourth-order valence-corrected chi connectivity index (χ4v) is 6.15.